The standard InChI is InChI=1S/C26H34ClN3O4/c1-29-12-8-20(15-24(29)31)26(34-3)10-11-28-16-22(26)25(32)30(21-5-6-21)17-19-14-18(9-13-33-2)4-7-23(19)27/h4,7-8,12,14-15,21-22,28H,5-6,9-11,13,16-17H2,1-3H3/t22?,26-/m0/s1. The molecule has 1 saturated carbocycles. The molecule has 34 heavy (non-hydrogen) atoms. The zero-order valence-corrected chi connectivity index (χ0v) is 20.9. The van der Waals surface area contributed by atoms with Crippen LogP contribution in [0.3, 0.4) is 0 Å². The molecule has 2 aliphatic rings. The van der Waals surface area contributed by atoms with Crippen LogP contribution in [0.25, 0.3) is 0 Å². The van der Waals surface area contributed by atoms with E-state index in [-0.39, 0.29) is 17.5 Å². The van der Waals surface area contributed by atoms with Crippen LogP contribution in [0, 0.1) is 5.92 Å². The van der Waals surface area contributed by atoms with Crippen LogP contribution in [-0.4, -0.2) is 55.3 Å². The lowest BCUT2D eigenvalue weighted by Gasteiger charge is -2.44. The van der Waals surface area contributed by atoms with Crippen LogP contribution in [0.2, 0.25) is 5.02 Å². The Bertz CT molecular complexity index is 1080. The number of methoxy groups -OCH3 is 2. The maximum atomic E-state index is 14.1. The summed E-state index contributed by atoms with van der Waals surface area (Å²) in [5.74, 6) is -0.412. The Morgan fingerprint density at radius 3 is 2.74 bits per heavy atom. The van der Waals surface area contributed by atoms with Gasteiger partial charge in [0.25, 0.3) is 5.56 Å². The molecule has 2 aromatic rings. The van der Waals surface area contributed by atoms with Crippen molar-refractivity contribution < 1.29 is 14.3 Å². The van der Waals surface area contributed by atoms with E-state index in [1.165, 1.54) is 4.57 Å². The zero-order valence-electron chi connectivity index (χ0n) is 20.2. The molecule has 1 amide bonds. The predicted octanol–water partition coefficient (Wildman–Crippen LogP) is 2.87. The van der Waals surface area contributed by atoms with E-state index in [1.54, 1.807) is 33.5 Å². The Morgan fingerprint density at radius 1 is 1.26 bits per heavy atom. The first-order chi connectivity index (χ1) is 16.4. The summed E-state index contributed by atoms with van der Waals surface area (Å²) in [7, 11) is 5.05. The van der Waals surface area contributed by atoms with Crippen LogP contribution >= 0.6 is 11.6 Å². The van der Waals surface area contributed by atoms with Crippen molar-refractivity contribution in [3.63, 3.8) is 0 Å². The lowest BCUT2D eigenvalue weighted by Crippen LogP contribution is -2.56. The van der Waals surface area contributed by atoms with Gasteiger partial charge in [-0.2, -0.15) is 0 Å². The summed E-state index contributed by atoms with van der Waals surface area (Å²) in [5, 5.41) is 4.03. The second kappa shape index (κ2) is 10.6. The quantitative estimate of drug-likeness (QED) is 0.589. The minimum atomic E-state index is -0.854. The van der Waals surface area contributed by atoms with Gasteiger partial charge in [0.15, 0.2) is 0 Å². The Labute approximate surface area is 206 Å². The number of rotatable bonds is 9. The number of hydrogen-bond donors (Lipinski definition) is 1. The number of piperidine rings is 1. The van der Waals surface area contributed by atoms with Crippen LogP contribution in [0.5, 0.6) is 0 Å². The number of hydrogen-bond acceptors (Lipinski definition) is 5. The van der Waals surface area contributed by atoms with Crippen LogP contribution in [0.4, 0.5) is 0 Å². The van der Waals surface area contributed by atoms with Gasteiger partial charge < -0.3 is 24.3 Å². The molecule has 2 atom stereocenters. The highest BCUT2D eigenvalue weighted by molar-refractivity contribution is 6.31. The number of nitrogens with one attached hydrogen (secondary N) is 1. The summed E-state index contributed by atoms with van der Waals surface area (Å²) in [6, 6.07) is 9.68. The van der Waals surface area contributed by atoms with E-state index in [1.807, 2.05) is 23.1 Å². The molecule has 1 saturated heterocycles. The molecule has 4 rings (SSSR count). The maximum Gasteiger partial charge on any atom is 0.250 e. The molecule has 1 aromatic carbocycles. The van der Waals surface area contributed by atoms with Crippen molar-refractivity contribution in [3.05, 3.63) is 68.6 Å². The number of carbonyl (C=O) groups is 1. The minimum Gasteiger partial charge on any atom is -0.384 e. The normalized spacial score (nSPS) is 22.5. The summed E-state index contributed by atoms with van der Waals surface area (Å²) in [6.45, 7) is 2.29. The van der Waals surface area contributed by atoms with Gasteiger partial charge >= 0.3 is 0 Å². The van der Waals surface area contributed by atoms with Crippen molar-refractivity contribution in [2.24, 2.45) is 13.0 Å². The number of amides is 1. The highest BCUT2D eigenvalue weighted by Gasteiger charge is 2.49. The third kappa shape index (κ3) is 5.08. The lowest BCUT2D eigenvalue weighted by atomic mass is 9.75. The Morgan fingerprint density at radius 2 is 2.06 bits per heavy atom. The van der Waals surface area contributed by atoms with Gasteiger partial charge in [0.2, 0.25) is 5.91 Å². The summed E-state index contributed by atoms with van der Waals surface area (Å²) in [4.78, 5) is 28.5. The van der Waals surface area contributed by atoms with Crippen LogP contribution in [-0.2, 0) is 39.9 Å². The summed E-state index contributed by atoms with van der Waals surface area (Å²) in [5.41, 5.74) is 1.86. The number of nitrogens with zero attached hydrogens (tertiary/aromatic N) is 2. The smallest absolute Gasteiger partial charge is 0.250 e. The Balaban J connectivity index is 1.65. The van der Waals surface area contributed by atoms with E-state index in [0.717, 1.165) is 36.0 Å². The molecular formula is C26H34ClN3O4. The van der Waals surface area contributed by atoms with Crippen molar-refractivity contribution >= 4 is 17.5 Å². The van der Waals surface area contributed by atoms with E-state index in [0.29, 0.717) is 37.7 Å². The number of carbonyl (C=O) groups excluding carboxylic acids is 1. The molecule has 0 bridgehead atoms. The van der Waals surface area contributed by atoms with Gasteiger partial charge in [-0.3, -0.25) is 9.59 Å². The topological polar surface area (TPSA) is 72.8 Å². The van der Waals surface area contributed by atoms with Crippen molar-refractivity contribution in [2.75, 3.05) is 33.9 Å². The Kier molecular flexibility index (Phi) is 7.77. The number of benzene rings is 1. The highest BCUT2D eigenvalue weighted by Crippen LogP contribution is 2.41. The third-order valence-corrected chi connectivity index (χ3v) is 7.52. The molecule has 2 heterocycles. The molecule has 0 spiro atoms. The van der Waals surface area contributed by atoms with Gasteiger partial charge in [0, 0.05) is 57.7 Å². The summed E-state index contributed by atoms with van der Waals surface area (Å²) < 4.78 is 12.8. The van der Waals surface area contributed by atoms with Crippen molar-refractivity contribution in [1.29, 1.82) is 0 Å². The number of ether oxygens (including phenoxy) is 2. The average Bonchev–Trinajstić information content (AvgIpc) is 3.69. The largest absolute Gasteiger partial charge is 0.384 e. The molecular weight excluding hydrogens is 454 g/mol. The monoisotopic (exact) mass is 487 g/mol. The van der Waals surface area contributed by atoms with E-state index in [4.69, 9.17) is 21.1 Å². The molecule has 1 N–H and O–H groups in total. The molecule has 1 unspecified atom stereocenters. The van der Waals surface area contributed by atoms with Crippen molar-refractivity contribution in [3.8, 4) is 0 Å². The minimum absolute atomic E-state index is 0.0376. The van der Waals surface area contributed by atoms with Gasteiger partial charge in [-0.05, 0) is 61.1 Å². The SMILES string of the molecule is COCCc1ccc(Cl)c(CN(C(=O)C2CNCC[C@]2(OC)c2ccn(C)c(=O)c2)C2CC2)c1. The molecule has 1 aromatic heterocycles. The van der Waals surface area contributed by atoms with Gasteiger partial charge in [0.1, 0.15) is 5.60 Å². The van der Waals surface area contributed by atoms with E-state index < -0.39 is 11.5 Å². The highest BCUT2D eigenvalue weighted by atomic mass is 35.5. The number of halogens is 1. The number of pyridine rings is 1. The third-order valence-electron chi connectivity index (χ3n) is 7.16. The zero-order chi connectivity index (χ0) is 24.3. The molecule has 1 aliphatic carbocycles. The van der Waals surface area contributed by atoms with Crippen molar-refractivity contribution in [1.82, 2.24) is 14.8 Å². The predicted molar refractivity (Wildman–Crippen MR) is 132 cm³/mol. The fourth-order valence-electron chi connectivity index (χ4n) is 4.95. The molecule has 7 nitrogen and oxygen atoms in total. The first-order valence-electron chi connectivity index (χ1n) is 11.9. The fraction of sp³-hybridized carbons (Fsp3) is 0.538. The first kappa shape index (κ1) is 24.9. The van der Waals surface area contributed by atoms with Crippen LogP contribution < -0.4 is 10.9 Å². The van der Waals surface area contributed by atoms with Gasteiger partial charge in [-0.25, -0.2) is 0 Å². The molecule has 1 aliphatic heterocycles. The van der Waals surface area contributed by atoms with E-state index >= 15 is 0 Å². The second-order valence-corrected chi connectivity index (χ2v) is 9.74. The van der Waals surface area contributed by atoms with Gasteiger partial charge in [-0.1, -0.05) is 23.7 Å². The Hall–Kier alpha value is -2.19. The van der Waals surface area contributed by atoms with E-state index in [9.17, 15) is 9.59 Å². The van der Waals surface area contributed by atoms with Crippen molar-refractivity contribution in [2.45, 2.75) is 43.9 Å². The molecule has 8 heteroatoms. The van der Waals surface area contributed by atoms with Gasteiger partial charge in [-0.15, -0.1) is 0 Å². The van der Waals surface area contributed by atoms with Crippen LogP contribution in [0.1, 0.15) is 36.0 Å². The van der Waals surface area contributed by atoms with Gasteiger partial charge in [0.05, 0.1) is 12.5 Å². The summed E-state index contributed by atoms with van der Waals surface area (Å²) >= 11 is 6.56. The molecule has 0 radical (unpaired) electrons. The maximum absolute atomic E-state index is 14.1. The summed E-state index contributed by atoms with van der Waals surface area (Å²) in [6.07, 6.45) is 5.11. The average molecular weight is 488 g/mol. The van der Waals surface area contributed by atoms with Crippen LogP contribution in [0.15, 0.2) is 41.3 Å². The molecule has 184 valence electrons. The number of aryl methyl sites for hydroxylation is 1. The van der Waals surface area contributed by atoms with E-state index in [2.05, 4.69) is 11.4 Å². The molecule has 2 fully saturated rings. The lowest BCUT2D eigenvalue weighted by molar-refractivity contribution is -0.155. The number of aromatic nitrogens is 1. The second-order valence-electron chi connectivity index (χ2n) is 9.33. The first-order valence-corrected chi connectivity index (χ1v) is 12.3. The fourth-order valence-corrected chi connectivity index (χ4v) is 5.12.